The maximum absolute atomic E-state index is 12.5. The van der Waals surface area contributed by atoms with E-state index >= 15 is 0 Å². The number of aryl methyl sites for hydroxylation is 1. The van der Waals surface area contributed by atoms with E-state index in [1.807, 2.05) is 37.3 Å². The summed E-state index contributed by atoms with van der Waals surface area (Å²) in [7, 11) is 0. The Morgan fingerprint density at radius 1 is 1.19 bits per heavy atom. The van der Waals surface area contributed by atoms with E-state index in [-0.39, 0.29) is 12.1 Å². The Hall–Kier alpha value is -2.24. The smallest absolute Gasteiger partial charge is 0.319 e. The van der Waals surface area contributed by atoms with Gasteiger partial charge >= 0.3 is 6.03 Å². The van der Waals surface area contributed by atoms with Crippen molar-refractivity contribution in [3.05, 3.63) is 59.1 Å². The molecule has 0 saturated carbocycles. The van der Waals surface area contributed by atoms with E-state index in [0.717, 1.165) is 37.3 Å². The predicted octanol–water partition coefficient (Wildman–Crippen LogP) is 4.32. The molecule has 0 aliphatic carbocycles. The normalized spacial score (nSPS) is 15.3. The van der Waals surface area contributed by atoms with Crippen molar-refractivity contribution in [1.29, 1.82) is 0 Å². The minimum absolute atomic E-state index is 0.0660. The van der Waals surface area contributed by atoms with Crippen LogP contribution in [0.4, 0.5) is 16.2 Å². The second-order valence-corrected chi connectivity index (χ2v) is 7.22. The number of nitrogens with zero attached hydrogens (tertiary/aromatic N) is 1. The topological polar surface area (TPSA) is 53.6 Å². The molecule has 1 aliphatic heterocycles. The van der Waals surface area contributed by atoms with Crippen molar-refractivity contribution in [2.24, 2.45) is 0 Å². The Kier molecular flexibility index (Phi) is 6.96. The zero-order chi connectivity index (χ0) is 19.1. The molecule has 0 aromatic heterocycles. The van der Waals surface area contributed by atoms with Crippen LogP contribution in [-0.2, 0) is 11.2 Å². The number of amides is 2. The fourth-order valence-electron chi connectivity index (χ4n) is 3.17. The van der Waals surface area contributed by atoms with Gasteiger partial charge in [-0.3, -0.25) is 0 Å². The van der Waals surface area contributed by atoms with E-state index in [2.05, 4.69) is 27.7 Å². The minimum atomic E-state index is -0.215. The monoisotopic (exact) mass is 387 g/mol. The molecular weight excluding hydrogens is 362 g/mol. The van der Waals surface area contributed by atoms with Crippen molar-refractivity contribution < 1.29 is 9.53 Å². The summed E-state index contributed by atoms with van der Waals surface area (Å²) in [4.78, 5) is 14.7. The van der Waals surface area contributed by atoms with Gasteiger partial charge in [-0.05, 0) is 43.5 Å². The SMILES string of the molecule is CC(CCc1ccccc1)NC(=O)Nc1cc(Cl)ccc1N1CCOCC1. The number of anilines is 2. The first-order chi connectivity index (χ1) is 13.1. The lowest BCUT2D eigenvalue weighted by Crippen LogP contribution is -2.39. The summed E-state index contributed by atoms with van der Waals surface area (Å²) in [6.07, 6.45) is 1.81. The largest absolute Gasteiger partial charge is 0.378 e. The number of ether oxygens (including phenoxy) is 1. The lowest BCUT2D eigenvalue weighted by Gasteiger charge is -2.30. The van der Waals surface area contributed by atoms with Crippen LogP contribution in [0.15, 0.2) is 48.5 Å². The van der Waals surface area contributed by atoms with Crippen LogP contribution < -0.4 is 15.5 Å². The Bertz CT molecular complexity index is 748. The van der Waals surface area contributed by atoms with Gasteiger partial charge in [0.2, 0.25) is 0 Å². The van der Waals surface area contributed by atoms with Gasteiger partial charge in [0.25, 0.3) is 0 Å². The summed E-state index contributed by atoms with van der Waals surface area (Å²) in [5.74, 6) is 0. The Balaban J connectivity index is 1.57. The first kappa shape index (κ1) is 19.5. The molecular formula is C21H26ClN3O2. The standard InChI is InChI=1S/C21H26ClN3O2/c1-16(7-8-17-5-3-2-4-6-17)23-21(26)24-19-15-18(22)9-10-20(19)25-11-13-27-14-12-25/h2-6,9-10,15-16H,7-8,11-14H2,1H3,(H2,23,24,26). The molecule has 1 unspecified atom stereocenters. The van der Waals surface area contributed by atoms with Gasteiger partial charge < -0.3 is 20.3 Å². The van der Waals surface area contributed by atoms with Crippen LogP contribution in [0.1, 0.15) is 18.9 Å². The molecule has 0 radical (unpaired) electrons. The molecule has 6 heteroatoms. The van der Waals surface area contributed by atoms with Gasteiger partial charge in [-0.25, -0.2) is 4.79 Å². The molecule has 2 aromatic rings. The number of halogens is 1. The third-order valence-electron chi connectivity index (χ3n) is 4.64. The molecule has 27 heavy (non-hydrogen) atoms. The Morgan fingerprint density at radius 3 is 2.67 bits per heavy atom. The van der Waals surface area contributed by atoms with Crippen LogP contribution in [0.3, 0.4) is 0 Å². The quantitative estimate of drug-likeness (QED) is 0.776. The minimum Gasteiger partial charge on any atom is -0.378 e. The highest BCUT2D eigenvalue weighted by Gasteiger charge is 2.17. The van der Waals surface area contributed by atoms with E-state index < -0.39 is 0 Å². The molecule has 1 fully saturated rings. The second kappa shape index (κ2) is 9.62. The number of carbonyl (C=O) groups excluding carboxylic acids is 1. The fraction of sp³-hybridized carbons (Fsp3) is 0.381. The van der Waals surface area contributed by atoms with E-state index in [1.54, 1.807) is 6.07 Å². The predicted molar refractivity (Wildman–Crippen MR) is 111 cm³/mol. The lowest BCUT2D eigenvalue weighted by atomic mass is 10.1. The van der Waals surface area contributed by atoms with Crippen molar-refractivity contribution >= 4 is 29.0 Å². The molecule has 0 bridgehead atoms. The molecule has 2 amide bonds. The maximum Gasteiger partial charge on any atom is 0.319 e. The van der Waals surface area contributed by atoms with Crippen molar-refractivity contribution in [2.75, 3.05) is 36.5 Å². The van der Waals surface area contributed by atoms with Crippen LogP contribution in [0.2, 0.25) is 5.02 Å². The molecule has 144 valence electrons. The van der Waals surface area contributed by atoms with E-state index in [4.69, 9.17) is 16.3 Å². The van der Waals surface area contributed by atoms with Gasteiger partial charge in [0, 0.05) is 24.2 Å². The highest BCUT2D eigenvalue weighted by atomic mass is 35.5. The summed E-state index contributed by atoms with van der Waals surface area (Å²) in [5, 5.41) is 6.57. The molecule has 0 spiro atoms. The third kappa shape index (κ3) is 5.88. The number of rotatable bonds is 6. The van der Waals surface area contributed by atoms with Gasteiger partial charge in [-0.1, -0.05) is 41.9 Å². The zero-order valence-corrected chi connectivity index (χ0v) is 16.3. The van der Waals surface area contributed by atoms with Crippen molar-refractivity contribution in [3.63, 3.8) is 0 Å². The third-order valence-corrected chi connectivity index (χ3v) is 4.88. The first-order valence-corrected chi connectivity index (χ1v) is 9.73. The summed E-state index contributed by atoms with van der Waals surface area (Å²) < 4.78 is 5.41. The average Bonchev–Trinajstić information content (AvgIpc) is 2.68. The van der Waals surface area contributed by atoms with Crippen LogP contribution >= 0.6 is 11.6 Å². The number of benzene rings is 2. The molecule has 5 nitrogen and oxygen atoms in total. The number of hydrogen-bond acceptors (Lipinski definition) is 3. The zero-order valence-electron chi connectivity index (χ0n) is 15.6. The van der Waals surface area contributed by atoms with Gasteiger partial charge in [0.15, 0.2) is 0 Å². The highest BCUT2D eigenvalue weighted by Crippen LogP contribution is 2.29. The van der Waals surface area contributed by atoms with Crippen LogP contribution in [0, 0.1) is 0 Å². The van der Waals surface area contributed by atoms with Crippen molar-refractivity contribution in [3.8, 4) is 0 Å². The molecule has 2 aromatic carbocycles. The maximum atomic E-state index is 12.5. The second-order valence-electron chi connectivity index (χ2n) is 6.78. The van der Waals surface area contributed by atoms with E-state index in [9.17, 15) is 4.79 Å². The average molecular weight is 388 g/mol. The van der Waals surface area contributed by atoms with Crippen LogP contribution in [0.5, 0.6) is 0 Å². The number of urea groups is 1. The molecule has 3 rings (SSSR count). The summed E-state index contributed by atoms with van der Waals surface area (Å²) in [5.41, 5.74) is 2.96. The molecule has 2 N–H and O–H groups in total. The van der Waals surface area contributed by atoms with Gasteiger partial charge in [-0.15, -0.1) is 0 Å². The number of carbonyl (C=O) groups is 1. The Labute approximate surface area is 165 Å². The van der Waals surface area contributed by atoms with Gasteiger partial charge in [0.1, 0.15) is 0 Å². The van der Waals surface area contributed by atoms with Crippen molar-refractivity contribution in [1.82, 2.24) is 5.32 Å². The lowest BCUT2D eigenvalue weighted by molar-refractivity contribution is 0.123. The number of morpholine rings is 1. The van der Waals surface area contributed by atoms with E-state index in [1.165, 1.54) is 5.56 Å². The van der Waals surface area contributed by atoms with Gasteiger partial charge in [0.05, 0.1) is 24.6 Å². The van der Waals surface area contributed by atoms with Crippen molar-refractivity contribution in [2.45, 2.75) is 25.8 Å². The molecule has 1 saturated heterocycles. The summed E-state index contributed by atoms with van der Waals surface area (Å²) in [6, 6.07) is 15.7. The summed E-state index contributed by atoms with van der Waals surface area (Å²) >= 11 is 6.15. The van der Waals surface area contributed by atoms with Crippen LogP contribution in [-0.4, -0.2) is 38.4 Å². The van der Waals surface area contributed by atoms with E-state index in [0.29, 0.717) is 18.2 Å². The fourth-order valence-corrected chi connectivity index (χ4v) is 3.34. The van der Waals surface area contributed by atoms with Gasteiger partial charge in [-0.2, -0.15) is 0 Å². The molecule has 1 heterocycles. The number of hydrogen-bond donors (Lipinski definition) is 2. The molecule has 1 aliphatic rings. The summed E-state index contributed by atoms with van der Waals surface area (Å²) in [6.45, 7) is 4.98. The molecule has 1 atom stereocenters. The van der Waals surface area contributed by atoms with Crippen LogP contribution in [0.25, 0.3) is 0 Å². The first-order valence-electron chi connectivity index (χ1n) is 9.35. The Morgan fingerprint density at radius 2 is 1.93 bits per heavy atom. The number of nitrogens with one attached hydrogen (secondary N) is 2. The highest BCUT2D eigenvalue weighted by molar-refractivity contribution is 6.31.